The number of hydrogen-bond donors (Lipinski definition) is 0. The number of pyridine rings is 1. The molecule has 2 aromatic carbocycles. The molecule has 1 aliphatic heterocycles. The van der Waals surface area contributed by atoms with E-state index in [9.17, 15) is 9.59 Å². The number of fused-ring (bicyclic) bond motifs is 1. The van der Waals surface area contributed by atoms with Crippen LogP contribution in [0.25, 0.3) is 11.2 Å². The molecule has 32 heavy (non-hydrogen) atoms. The van der Waals surface area contributed by atoms with Crippen molar-refractivity contribution in [1.29, 1.82) is 0 Å². The predicted octanol–water partition coefficient (Wildman–Crippen LogP) is 2.80. The van der Waals surface area contributed by atoms with Crippen molar-refractivity contribution in [2.24, 2.45) is 0 Å². The summed E-state index contributed by atoms with van der Waals surface area (Å²) in [6.45, 7) is 2.61. The Balaban J connectivity index is 1.43. The average Bonchev–Trinajstić information content (AvgIpc) is 2.86. The number of benzene rings is 2. The maximum absolute atomic E-state index is 13.5. The number of amides is 1. The Morgan fingerprint density at radius 1 is 0.844 bits per heavy atom. The van der Waals surface area contributed by atoms with E-state index in [0.717, 1.165) is 5.56 Å². The third-order valence-electron chi connectivity index (χ3n) is 5.76. The quantitative estimate of drug-likeness (QED) is 0.503. The Hall–Kier alpha value is -4.00. The van der Waals surface area contributed by atoms with Crippen molar-refractivity contribution in [3.8, 4) is 0 Å². The molecular weight excluding hydrogens is 402 g/mol. The molecule has 2 aromatic heterocycles. The molecule has 1 aliphatic rings. The first-order valence-corrected chi connectivity index (χ1v) is 10.7. The maximum Gasteiger partial charge on any atom is 0.295 e. The summed E-state index contributed by atoms with van der Waals surface area (Å²) in [5.41, 5.74) is 2.80. The molecule has 160 valence electrons. The van der Waals surface area contributed by atoms with Crippen LogP contribution >= 0.6 is 0 Å². The van der Waals surface area contributed by atoms with Crippen LogP contribution in [0.2, 0.25) is 0 Å². The first-order chi connectivity index (χ1) is 15.7. The fraction of sp³-hybridized carbons (Fsp3) is 0.200. The highest BCUT2D eigenvalue weighted by atomic mass is 16.2. The van der Waals surface area contributed by atoms with Crippen LogP contribution in [0.4, 0.5) is 5.82 Å². The van der Waals surface area contributed by atoms with E-state index in [4.69, 9.17) is 0 Å². The number of aromatic nitrogens is 3. The van der Waals surface area contributed by atoms with Gasteiger partial charge in [-0.2, -0.15) is 0 Å². The molecule has 0 saturated carbocycles. The van der Waals surface area contributed by atoms with Crippen molar-refractivity contribution in [1.82, 2.24) is 19.4 Å². The molecule has 0 bridgehead atoms. The van der Waals surface area contributed by atoms with Crippen molar-refractivity contribution < 1.29 is 4.79 Å². The normalized spacial score (nSPS) is 14.0. The van der Waals surface area contributed by atoms with Gasteiger partial charge in [-0.15, -0.1) is 0 Å². The van der Waals surface area contributed by atoms with E-state index in [1.807, 2.05) is 82.6 Å². The van der Waals surface area contributed by atoms with Gasteiger partial charge in [0, 0.05) is 37.9 Å². The average molecular weight is 425 g/mol. The second-order valence-electron chi connectivity index (χ2n) is 7.80. The summed E-state index contributed by atoms with van der Waals surface area (Å²) >= 11 is 0. The van der Waals surface area contributed by atoms with Gasteiger partial charge in [0.15, 0.2) is 11.5 Å². The molecule has 0 radical (unpaired) electrons. The molecule has 1 amide bonds. The number of carbonyl (C=O) groups excluding carboxylic acids is 1. The smallest absolute Gasteiger partial charge is 0.295 e. The number of rotatable bonds is 4. The molecule has 5 rings (SSSR count). The van der Waals surface area contributed by atoms with Crippen LogP contribution in [-0.2, 0) is 6.54 Å². The fourth-order valence-electron chi connectivity index (χ4n) is 4.07. The summed E-state index contributed by atoms with van der Waals surface area (Å²) in [6.07, 6.45) is 1.68. The maximum atomic E-state index is 13.5. The molecule has 0 atom stereocenters. The lowest BCUT2D eigenvalue weighted by atomic mass is 10.2. The molecular formula is C25H23N5O2. The second kappa shape index (κ2) is 8.63. The van der Waals surface area contributed by atoms with Gasteiger partial charge in [0.2, 0.25) is 0 Å². The Bertz CT molecular complexity index is 1300. The van der Waals surface area contributed by atoms with Crippen molar-refractivity contribution in [2.45, 2.75) is 6.54 Å². The lowest BCUT2D eigenvalue weighted by molar-refractivity contribution is 0.0746. The summed E-state index contributed by atoms with van der Waals surface area (Å²) in [7, 11) is 0. The van der Waals surface area contributed by atoms with E-state index in [1.165, 1.54) is 0 Å². The number of hydrogen-bond acceptors (Lipinski definition) is 5. The molecule has 3 heterocycles. The van der Waals surface area contributed by atoms with Gasteiger partial charge in [0.1, 0.15) is 5.52 Å². The minimum absolute atomic E-state index is 0.0161. The molecule has 4 aromatic rings. The lowest BCUT2D eigenvalue weighted by Gasteiger charge is -2.35. The van der Waals surface area contributed by atoms with Crippen molar-refractivity contribution in [2.75, 3.05) is 31.1 Å². The van der Waals surface area contributed by atoms with Crippen LogP contribution in [0.5, 0.6) is 0 Å². The predicted molar refractivity (Wildman–Crippen MR) is 124 cm³/mol. The monoisotopic (exact) mass is 425 g/mol. The number of anilines is 1. The fourth-order valence-corrected chi connectivity index (χ4v) is 4.07. The van der Waals surface area contributed by atoms with E-state index >= 15 is 0 Å². The first kappa shape index (κ1) is 19.9. The van der Waals surface area contributed by atoms with Crippen LogP contribution in [-0.4, -0.2) is 51.5 Å². The van der Waals surface area contributed by atoms with E-state index in [1.54, 1.807) is 10.8 Å². The molecule has 1 saturated heterocycles. The Morgan fingerprint density at radius 3 is 2.25 bits per heavy atom. The highest BCUT2D eigenvalue weighted by Crippen LogP contribution is 2.17. The van der Waals surface area contributed by atoms with Gasteiger partial charge in [0.25, 0.3) is 11.5 Å². The van der Waals surface area contributed by atoms with Crippen LogP contribution in [0.1, 0.15) is 15.9 Å². The van der Waals surface area contributed by atoms with E-state index < -0.39 is 0 Å². The molecule has 0 unspecified atom stereocenters. The van der Waals surface area contributed by atoms with E-state index in [2.05, 4.69) is 9.97 Å². The lowest BCUT2D eigenvalue weighted by Crippen LogP contribution is -2.50. The summed E-state index contributed by atoms with van der Waals surface area (Å²) in [5, 5.41) is 0. The van der Waals surface area contributed by atoms with Gasteiger partial charge in [-0.25, -0.2) is 9.97 Å². The Kier molecular flexibility index (Phi) is 5.37. The third kappa shape index (κ3) is 3.85. The Labute approximate surface area is 185 Å². The zero-order valence-corrected chi connectivity index (χ0v) is 17.6. The number of carbonyl (C=O) groups is 1. The molecule has 7 heteroatoms. The standard InChI is InChI=1S/C25H23N5O2/c31-24(20-10-5-2-6-11-20)29-16-14-28(15-17-29)23-25(32)30(18-19-8-3-1-4-9-19)22-21(27-23)12-7-13-26-22/h1-13H,14-18H2. The van der Waals surface area contributed by atoms with E-state index in [0.29, 0.717) is 55.3 Å². The van der Waals surface area contributed by atoms with Crippen molar-refractivity contribution in [3.63, 3.8) is 0 Å². The summed E-state index contributed by atoms with van der Waals surface area (Å²) in [6, 6.07) is 22.9. The first-order valence-electron chi connectivity index (χ1n) is 10.7. The zero-order chi connectivity index (χ0) is 21.9. The number of piperazine rings is 1. The highest BCUT2D eigenvalue weighted by molar-refractivity contribution is 5.94. The van der Waals surface area contributed by atoms with Crippen molar-refractivity contribution in [3.05, 3.63) is 100 Å². The largest absolute Gasteiger partial charge is 0.348 e. The summed E-state index contributed by atoms with van der Waals surface area (Å²) in [4.78, 5) is 39.1. The second-order valence-corrected chi connectivity index (χ2v) is 7.80. The van der Waals surface area contributed by atoms with Crippen molar-refractivity contribution >= 4 is 22.9 Å². The van der Waals surface area contributed by atoms with Crippen LogP contribution in [0.15, 0.2) is 83.8 Å². The van der Waals surface area contributed by atoms with Crippen LogP contribution in [0, 0.1) is 0 Å². The SMILES string of the molecule is O=C(c1ccccc1)N1CCN(c2nc3cccnc3n(Cc3ccccc3)c2=O)CC1. The van der Waals surface area contributed by atoms with Gasteiger partial charge in [-0.05, 0) is 29.8 Å². The van der Waals surface area contributed by atoms with Crippen LogP contribution < -0.4 is 10.5 Å². The minimum Gasteiger partial charge on any atom is -0.348 e. The van der Waals surface area contributed by atoms with Crippen LogP contribution in [0.3, 0.4) is 0 Å². The van der Waals surface area contributed by atoms with Gasteiger partial charge in [-0.3, -0.25) is 14.2 Å². The van der Waals surface area contributed by atoms with E-state index in [-0.39, 0.29) is 11.5 Å². The topological polar surface area (TPSA) is 71.3 Å². The van der Waals surface area contributed by atoms with Gasteiger partial charge in [-0.1, -0.05) is 48.5 Å². The van der Waals surface area contributed by atoms with Gasteiger partial charge < -0.3 is 9.80 Å². The Morgan fingerprint density at radius 2 is 1.53 bits per heavy atom. The molecule has 0 N–H and O–H groups in total. The molecule has 7 nitrogen and oxygen atoms in total. The molecule has 0 spiro atoms. The summed E-state index contributed by atoms with van der Waals surface area (Å²) < 4.78 is 1.69. The third-order valence-corrected chi connectivity index (χ3v) is 5.76. The highest BCUT2D eigenvalue weighted by Gasteiger charge is 2.25. The zero-order valence-electron chi connectivity index (χ0n) is 17.6. The number of nitrogens with zero attached hydrogens (tertiary/aromatic N) is 5. The van der Waals surface area contributed by atoms with Gasteiger partial charge >= 0.3 is 0 Å². The molecule has 1 fully saturated rings. The molecule has 0 aliphatic carbocycles. The summed E-state index contributed by atoms with van der Waals surface area (Å²) in [5.74, 6) is 0.427. The minimum atomic E-state index is -0.164. The van der Waals surface area contributed by atoms with Gasteiger partial charge in [0.05, 0.1) is 6.54 Å².